The predicted octanol–water partition coefficient (Wildman–Crippen LogP) is 2.02. The van der Waals surface area contributed by atoms with E-state index in [0.717, 1.165) is 38.8 Å². The summed E-state index contributed by atoms with van der Waals surface area (Å²) in [5.41, 5.74) is 1.08. The summed E-state index contributed by atoms with van der Waals surface area (Å²) in [5.74, 6) is 0. The Balaban J connectivity index is 1.80. The molecule has 2 unspecified atom stereocenters. The van der Waals surface area contributed by atoms with Crippen molar-refractivity contribution in [1.29, 1.82) is 0 Å². The van der Waals surface area contributed by atoms with E-state index in [9.17, 15) is 5.11 Å². The van der Waals surface area contributed by atoms with Crippen LogP contribution in [-0.4, -0.2) is 29.9 Å². The number of nitrogens with one attached hydrogen (secondary N) is 1. The summed E-state index contributed by atoms with van der Waals surface area (Å²) in [6, 6.07) is 10.3. The van der Waals surface area contributed by atoms with Crippen molar-refractivity contribution in [2.24, 2.45) is 0 Å². The van der Waals surface area contributed by atoms with Gasteiger partial charge in [-0.2, -0.15) is 0 Å². The number of hydrogen-bond donors (Lipinski definition) is 2. The van der Waals surface area contributed by atoms with Gasteiger partial charge in [0.1, 0.15) is 0 Å². The summed E-state index contributed by atoms with van der Waals surface area (Å²) in [4.78, 5) is 0. The Bertz CT molecular complexity index is 387. The van der Waals surface area contributed by atoms with Crippen LogP contribution in [0.5, 0.6) is 0 Å². The number of aliphatic hydroxyl groups excluding tert-OH is 1. The van der Waals surface area contributed by atoms with Crippen molar-refractivity contribution < 1.29 is 9.84 Å². The van der Waals surface area contributed by atoms with E-state index in [-0.39, 0.29) is 17.8 Å². The van der Waals surface area contributed by atoms with Crippen LogP contribution in [0.3, 0.4) is 0 Å². The highest BCUT2D eigenvalue weighted by Crippen LogP contribution is 2.41. The first-order valence-electron chi connectivity index (χ1n) is 6.89. The van der Waals surface area contributed by atoms with Gasteiger partial charge in [0.05, 0.1) is 17.8 Å². The van der Waals surface area contributed by atoms with Gasteiger partial charge in [-0.15, -0.1) is 0 Å². The van der Waals surface area contributed by atoms with Gasteiger partial charge in [-0.1, -0.05) is 30.3 Å². The third kappa shape index (κ3) is 2.44. The zero-order chi connectivity index (χ0) is 12.4. The number of rotatable bonds is 1. The second kappa shape index (κ2) is 5.00. The fourth-order valence-electron chi connectivity index (χ4n) is 3.23. The zero-order valence-electron chi connectivity index (χ0n) is 10.6. The van der Waals surface area contributed by atoms with Crippen LogP contribution in [0.2, 0.25) is 0 Å². The molecule has 0 amide bonds. The second-order valence-corrected chi connectivity index (χ2v) is 5.54. The summed E-state index contributed by atoms with van der Waals surface area (Å²) >= 11 is 0. The molecule has 0 saturated carbocycles. The van der Waals surface area contributed by atoms with Gasteiger partial charge < -0.3 is 15.2 Å². The van der Waals surface area contributed by atoms with E-state index in [1.165, 1.54) is 5.56 Å². The van der Waals surface area contributed by atoms with E-state index in [1.807, 2.05) is 18.2 Å². The lowest BCUT2D eigenvalue weighted by Crippen LogP contribution is -2.49. The van der Waals surface area contributed by atoms with E-state index in [4.69, 9.17) is 4.74 Å². The smallest absolute Gasteiger partial charge is 0.0857 e. The molecule has 1 aromatic carbocycles. The summed E-state index contributed by atoms with van der Waals surface area (Å²) in [6.07, 6.45) is 3.34. The number of benzene rings is 1. The molecule has 2 aliphatic heterocycles. The molecule has 0 radical (unpaired) electrons. The maximum atomic E-state index is 10.2. The van der Waals surface area contributed by atoms with E-state index in [1.54, 1.807) is 0 Å². The monoisotopic (exact) mass is 247 g/mol. The first kappa shape index (κ1) is 12.2. The average Bonchev–Trinajstić information content (AvgIpc) is 2.40. The van der Waals surface area contributed by atoms with Gasteiger partial charge in [0.25, 0.3) is 0 Å². The van der Waals surface area contributed by atoms with Gasteiger partial charge in [-0.05, 0) is 31.5 Å². The molecule has 2 heterocycles. The van der Waals surface area contributed by atoms with Crippen LogP contribution < -0.4 is 5.32 Å². The molecule has 0 bridgehead atoms. The van der Waals surface area contributed by atoms with E-state index in [2.05, 4.69) is 17.4 Å². The Morgan fingerprint density at radius 2 is 1.89 bits per heavy atom. The molecule has 3 rings (SSSR count). The largest absolute Gasteiger partial charge is 0.393 e. The molecule has 0 aromatic heterocycles. The molecule has 0 aliphatic carbocycles. The molecule has 1 aromatic rings. The Kier molecular flexibility index (Phi) is 3.37. The van der Waals surface area contributed by atoms with Crippen molar-refractivity contribution in [3.8, 4) is 0 Å². The molecule has 18 heavy (non-hydrogen) atoms. The highest BCUT2D eigenvalue weighted by molar-refractivity contribution is 5.19. The molecule has 3 heteroatoms. The van der Waals surface area contributed by atoms with Crippen LogP contribution in [0.4, 0.5) is 0 Å². The van der Waals surface area contributed by atoms with Crippen molar-refractivity contribution in [3.63, 3.8) is 0 Å². The lowest BCUT2D eigenvalue weighted by atomic mass is 9.81. The predicted molar refractivity (Wildman–Crippen MR) is 70.3 cm³/mol. The van der Waals surface area contributed by atoms with Gasteiger partial charge in [0.15, 0.2) is 0 Å². The van der Waals surface area contributed by atoms with Gasteiger partial charge >= 0.3 is 0 Å². The molecule has 2 aliphatic rings. The van der Waals surface area contributed by atoms with Crippen LogP contribution in [0.15, 0.2) is 30.3 Å². The molecular weight excluding hydrogens is 226 g/mol. The maximum absolute atomic E-state index is 10.2. The lowest BCUT2D eigenvalue weighted by Gasteiger charge is -2.46. The standard InChI is InChI=1S/C15H21NO2/c17-13-10-14(12-4-2-1-3-5-12)18-15(11-13)6-8-16-9-7-15/h1-5,13-14,16-17H,6-11H2. The van der Waals surface area contributed by atoms with Crippen molar-refractivity contribution >= 4 is 0 Å². The first-order chi connectivity index (χ1) is 8.77. The van der Waals surface area contributed by atoms with Gasteiger partial charge in [0.2, 0.25) is 0 Å². The van der Waals surface area contributed by atoms with Crippen molar-refractivity contribution in [2.45, 2.75) is 43.5 Å². The van der Waals surface area contributed by atoms with Crippen molar-refractivity contribution in [3.05, 3.63) is 35.9 Å². The molecular formula is C15H21NO2. The highest BCUT2D eigenvalue weighted by Gasteiger charge is 2.42. The summed E-state index contributed by atoms with van der Waals surface area (Å²) in [6.45, 7) is 1.99. The Morgan fingerprint density at radius 1 is 1.17 bits per heavy atom. The average molecular weight is 247 g/mol. The Morgan fingerprint density at radius 3 is 2.61 bits per heavy atom. The number of piperidine rings is 1. The number of aliphatic hydroxyl groups is 1. The number of ether oxygens (including phenoxy) is 1. The fraction of sp³-hybridized carbons (Fsp3) is 0.600. The van der Waals surface area contributed by atoms with E-state index >= 15 is 0 Å². The normalized spacial score (nSPS) is 31.4. The second-order valence-electron chi connectivity index (χ2n) is 5.54. The summed E-state index contributed by atoms with van der Waals surface area (Å²) in [7, 11) is 0. The molecule has 2 atom stereocenters. The van der Waals surface area contributed by atoms with E-state index < -0.39 is 0 Å². The maximum Gasteiger partial charge on any atom is 0.0857 e. The first-order valence-corrected chi connectivity index (χ1v) is 6.89. The SMILES string of the molecule is OC1CC(c2ccccc2)OC2(CCNCC2)C1. The molecule has 98 valence electrons. The Labute approximate surface area is 108 Å². The van der Waals surface area contributed by atoms with Crippen LogP contribution in [0.25, 0.3) is 0 Å². The van der Waals surface area contributed by atoms with Crippen LogP contribution in [0.1, 0.15) is 37.4 Å². The van der Waals surface area contributed by atoms with Crippen LogP contribution in [-0.2, 0) is 4.74 Å². The lowest BCUT2D eigenvalue weighted by molar-refractivity contribution is -0.175. The minimum atomic E-state index is -0.234. The third-order valence-corrected chi connectivity index (χ3v) is 4.17. The van der Waals surface area contributed by atoms with Gasteiger partial charge in [-0.3, -0.25) is 0 Å². The molecule has 1 spiro atoms. The highest BCUT2D eigenvalue weighted by atomic mass is 16.5. The van der Waals surface area contributed by atoms with Crippen molar-refractivity contribution in [1.82, 2.24) is 5.32 Å². The van der Waals surface area contributed by atoms with Crippen LogP contribution in [0, 0.1) is 0 Å². The quantitative estimate of drug-likeness (QED) is 0.798. The Hall–Kier alpha value is -0.900. The van der Waals surface area contributed by atoms with Gasteiger partial charge in [-0.25, -0.2) is 0 Å². The number of hydrogen-bond acceptors (Lipinski definition) is 3. The zero-order valence-corrected chi connectivity index (χ0v) is 10.6. The molecule has 2 saturated heterocycles. The minimum Gasteiger partial charge on any atom is -0.393 e. The molecule has 2 N–H and O–H groups in total. The summed E-state index contributed by atoms with van der Waals surface area (Å²) in [5, 5.41) is 13.5. The fourth-order valence-corrected chi connectivity index (χ4v) is 3.23. The summed E-state index contributed by atoms with van der Waals surface area (Å²) < 4.78 is 6.37. The molecule has 3 nitrogen and oxygen atoms in total. The van der Waals surface area contributed by atoms with E-state index in [0.29, 0.717) is 0 Å². The van der Waals surface area contributed by atoms with Crippen LogP contribution >= 0.6 is 0 Å². The third-order valence-electron chi connectivity index (χ3n) is 4.17. The molecule has 2 fully saturated rings. The topological polar surface area (TPSA) is 41.5 Å². The minimum absolute atomic E-state index is 0.0491. The van der Waals surface area contributed by atoms with Gasteiger partial charge in [0, 0.05) is 12.8 Å². The van der Waals surface area contributed by atoms with Crippen molar-refractivity contribution in [2.75, 3.05) is 13.1 Å².